The SMILES string of the molecule is C=CS(=O)(=O)N1CCC(N2CCN(C(=O)CNc3cc(Cl)c(Cl)cc3O)CC2)C1. The summed E-state index contributed by atoms with van der Waals surface area (Å²) in [5.41, 5.74) is 0.348. The minimum absolute atomic E-state index is 0.0281. The quantitative estimate of drug-likeness (QED) is 0.626. The third-order valence-corrected chi connectivity index (χ3v) is 7.54. The first kappa shape index (κ1) is 22.2. The summed E-state index contributed by atoms with van der Waals surface area (Å²) in [4.78, 5) is 16.5. The van der Waals surface area contributed by atoms with Crippen molar-refractivity contribution in [3.8, 4) is 5.75 Å². The highest BCUT2D eigenvalue weighted by atomic mass is 35.5. The Balaban J connectivity index is 1.48. The second-order valence-electron chi connectivity index (χ2n) is 7.07. The fraction of sp³-hybridized carbons (Fsp3) is 0.500. The molecule has 0 aliphatic carbocycles. The predicted octanol–water partition coefficient (Wildman–Crippen LogP) is 1.80. The van der Waals surface area contributed by atoms with E-state index in [1.54, 1.807) is 4.90 Å². The van der Waals surface area contributed by atoms with E-state index in [0.717, 1.165) is 11.8 Å². The first-order chi connectivity index (χ1) is 13.7. The lowest BCUT2D eigenvalue weighted by Crippen LogP contribution is -2.53. The van der Waals surface area contributed by atoms with Crippen molar-refractivity contribution in [2.24, 2.45) is 0 Å². The molecule has 8 nitrogen and oxygen atoms in total. The van der Waals surface area contributed by atoms with Gasteiger partial charge in [0.2, 0.25) is 15.9 Å². The zero-order valence-corrected chi connectivity index (χ0v) is 18.2. The van der Waals surface area contributed by atoms with Crippen LogP contribution in [0.1, 0.15) is 6.42 Å². The molecule has 160 valence electrons. The fourth-order valence-corrected chi connectivity index (χ4v) is 4.91. The van der Waals surface area contributed by atoms with Gasteiger partial charge < -0.3 is 15.3 Å². The molecule has 0 bridgehead atoms. The number of phenols is 1. The molecule has 0 saturated carbocycles. The summed E-state index contributed by atoms with van der Waals surface area (Å²) in [5, 5.41) is 14.3. The summed E-state index contributed by atoms with van der Waals surface area (Å²) < 4.78 is 25.3. The maximum atomic E-state index is 12.5. The lowest BCUT2D eigenvalue weighted by atomic mass is 10.2. The van der Waals surface area contributed by atoms with Crippen molar-refractivity contribution in [1.29, 1.82) is 0 Å². The molecule has 0 radical (unpaired) electrons. The number of aromatic hydroxyl groups is 1. The van der Waals surface area contributed by atoms with Crippen molar-refractivity contribution in [1.82, 2.24) is 14.1 Å². The number of sulfonamides is 1. The van der Waals surface area contributed by atoms with E-state index in [1.807, 2.05) is 0 Å². The summed E-state index contributed by atoms with van der Waals surface area (Å²) in [6.45, 7) is 6.87. The lowest BCUT2D eigenvalue weighted by molar-refractivity contribution is -0.131. The summed E-state index contributed by atoms with van der Waals surface area (Å²) in [5.74, 6) is -0.158. The number of hydrogen-bond acceptors (Lipinski definition) is 6. The summed E-state index contributed by atoms with van der Waals surface area (Å²) in [6, 6.07) is 2.97. The molecule has 2 heterocycles. The minimum atomic E-state index is -3.38. The Morgan fingerprint density at radius 2 is 1.86 bits per heavy atom. The number of phenolic OH excluding ortho intramolecular Hbond substituents is 1. The van der Waals surface area contributed by atoms with Gasteiger partial charge in [-0.3, -0.25) is 9.69 Å². The summed E-state index contributed by atoms with van der Waals surface area (Å²) in [7, 11) is -3.38. The number of rotatable bonds is 6. The first-order valence-corrected chi connectivity index (χ1v) is 11.5. The molecule has 2 aliphatic heterocycles. The molecule has 1 aromatic rings. The van der Waals surface area contributed by atoms with Crippen LogP contribution in [-0.2, 0) is 14.8 Å². The monoisotopic (exact) mass is 462 g/mol. The number of halogens is 2. The van der Waals surface area contributed by atoms with Crippen LogP contribution in [0.15, 0.2) is 24.1 Å². The summed E-state index contributed by atoms with van der Waals surface area (Å²) in [6.07, 6.45) is 0.777. The molecule has 2 aliphatic rings. The van der Waals surface area contributed by atoms with Crippen LogP contribution in [0.25, 0.3) is 0 Å². The van der Waals surface area contributed by atoms with Gasteiger partial charge in [0.1, 0.15) is 5.75 Å². The Morgan fingerprint density at radius 3 is 2.52 bits per heavy atom. The van der Waals surface area contributed by atoms with Gasteiger partial charge in [0.15, 0.2) is 0 Å². The maximum Gasteiger partial charge on any atom is 0.241 e. The predicted molar refractivity (Wildman–Crippen MR) is 114 cm³/mol. The number of piperazine rings is 1. The highest BCUT2D eigenvalue weighted by Gasteiger charge is 2.34. The average molecular weight is 463 g/mol. The zero-order valence-electron chi connectivity index (χ0n) is 15.9. The van der Waals surface area contributed by atoms with Gasteiger partial charge in [-0.25, -0.2) is 8.42 Å². The van der Waals surface area contributed by atoms with E-state index in [2.05, 4.69) is 16.8 Å². The number of carbonyl (C=O) groups is 1. The highest BCUT2D eigenvalue weighted by molar-refractivity contribution is 7.92. The van der Waals surface area contributed by atoms with E-state index in [1.165, 1.54) is 16.4 Å². The van der Waals surface area contributed by atoms with Crippen LogP contribution in [0.4, 0.5) is 5.69 Å². The van der Waals surface area contributed by atoms with Gasteiger partial charge in [-0.1, -0.05) is 29.8 Å². The second-order valence-corrected chi connectivity index (χ2v) is 9.76. The molecule has 0 aromatic heterocycles. The molecule has 2 saturated heterocycles. The molecule has 2 fully saturated rings. The van der Waals surface area contributed by atoms with Crippen LogP contribution >= 0.6 is 23.2 Å². The van der Waals surface area contributed by atoms with Gasteiger partial charge in [0, 0.05) is 56.8 Å². The molecule has 11 heteroatoms. The van der Waals surface area contributed by atoms with Gasteiger partial charge in [-0.15, -0.1) is 0 Å². The Kier molecular flexibility index (Phi) is 6.95. The van der Waals surface area contributed by atoms with E-state index in [0.29, 0.717) is 45.0 Å². The van der Waals surface area contributed by atoms with Crippen molar-refractivity contribution in [3.05, 3.63) is 34.2 Å². The molecule has 0 spiro atoms. The fourth-order valence-electron chi connectivity index (χ4n) is 3.64. The van der Waals surface area contributed by atoms with Gasteiger partial charge in [-0.2, -0.15) is 4.31 Å². The molecule has 29 heavy (non-hydrogen) atoms. The Hall–Kier alpha value is -1.52. The van der Waals surface area contributed by atoms with Crippen LogP contribution < -0.4 is 5.32 Å². The Morgan fingerprint density at radius 1 is 1.21 bits per heavy atom. The second kappa shape index (κ2) is 9.09. The van der Waals surface area contributed by atoms with Gasteiger partial charge in [0.25, 0.3) is 0 Å². The standard InChI is InChI=1S/C18H24Cl2N4O4S/c1-2-29(27,28)24-4-3-13(12-24)22-5-7-23(8-6-22)18(26)11-21-16-9-14(19)15(20)10-17(16)25/h2,9-10,13,21,25H,1,3-8,11-12H2. The molecular formula is C18H24Cl2N4O4S. The molecule has 1 unspecified atom stereocenters. The Bertz CT molecular complexity index is 888. The lowest BCUT2D eigenvalue weighted by Gasteiger charge is -2.38. The maximum absolute atomic E-state index is 12.5. The number of nitrogens with zero attached hydrogens (tertiary/aromatic N) is 3. The molecule has 2 N–H and O–H groups in total. The number of carbonyl (C=O) groups excluding carboxylic acids is 1. The molecule has 1 atom stereocenters. The van der Waals surface area contributed by atoms with Gasteiger partial charge in [0.05, 0.1) is 22.3 Å². The van der Waals surface area contributed by atoms with Crippen LogP contribution in [-0.4, -0.2) is 85.4 Å². The average Bonchev–Trinajstić information content (AvgIpc) is 3.21. The van der Waals surface area contributed by atoms with E-state index < -0.39 is 10.0 Å². The van der Waals surface area contributed by atoms with Gasteiger partial charge >= 0.3 is 0 Å². The van der Waals surface area contributed by atoms with Crippen molar-refractivity contribution < 1.29 is 18.3 Å². The van der Waals surface area contributed by atoms with Crippen LogP contribution in [0, 0.1) is 0 Å². The first-order valence-electron chi connectivity index (χ1n) is 9.27. The van der Waals surface area contributed by atoms with E-state index in [-0.39, 0.29) is 34.3 Å². The minimum Gasteiger partial charge on any atom is -0.506 e. The summed E-state index contributed by atoms with van der Waals surface area (Å²) >= 11 is 11.8. The van der Waals surface area contributed by atoms with Crippen molar-refractivity contribution in [2.45, 2.75) is 12.5 Å². The van der Waals surface area contributed by atoms with E-state index >= 15 is 0 Å². The topological polar surface area (TPSA) is 93.2 Å². The third-order valence-electron chi connectivity index (χ3n) is 5.35. The zero-order chi connectivity index (χ0) is 21.2. The van der Waals surface area contributed by atoms with E-state index in [9.17, 15) is 18.3 Å². The van der Waals surface area contributed by atoms with Crippen molar-refractivity contribution in [2.75, 3.05) is 51.1 Å². The van der Waals surface area contributed by atoms with Crippen LogP contribution in [0.5, 0.6) is 5.75 Å². The third kappa shape index (κ3) is 5.16. The molecule has 3 rings (SSSR count). The number of nitrogens with one attached hydrogen (secondary N) is 1. The molecule has 1 aromatic carbocycles. The van der Waals surface area contributed by atoms with Crippen LogP contribution in [0.3, 0.4) is 0 Å². The number of amides is 1. The highest BCUT2D eigenvalue weighted by Crippen LogP contribution is 2.33. The molecular weight excluding hydrogens is 439 g/mol. The number of anilines is 1. The normalized spacial score (nSPS) is 21.3. The largest absolute Gasteiger partial charge is 0.506 e. The van der Waals surface area contributed by atoms with Crippen molar-refractivity contribution in [3.63, 3.8) is 0 Å². The smallest absolute Gasteiger partial charge is 0.241 e. The van der Waals surface area contributed by atoms with Crippen molar-refractivity contribution >= 4 is 44.8 Å². The molecule has 1 amide bonds. The van der Waals surface area contributed by atoms with Gasteiger partial charge in [-0.05, 0) is 12.5 Å². The number of hydrogen-bond donors (Lipinski definition) is 2. The Labute approximate surface area is 180 Å². The van der Waals surface area contributed by atoms with Crippen LogP contribution in [0.2, 0.25) is 10.0 Å². The number of benzene rings is 1. The van der Waals surface area contributed by atoms with E-state index in [4.69, 9.17) is 23.2 Å².